The van der Waals surface area contributed by atoms with Gasteiger partial charge in [-0.1, -0.05) is 0 Å². The Bertz CT molecular complexity index is 1400. The van der Waals surface area contributed by atoms with Gasteiger partial charge >= 0.3 is 6.01 Å². The summed E-state index contributed by atoms with van der Waals surface area (Å²) in [6.45, 7) is 3.15. The number of ether oxygens (including phenoxy) is 1. The number of hydrogen-bond acceptors (Lipinski definition) is 8. The monoisotopic (exact) mass is 452 g/mol. The smallest absolute Gasteiger partial charge is 0.326 e. The molecule has 6 rings (SSSR count). The number of benzene rings is 1. The van der Waals surface area contributed by atoms with E-state index in [9.17, 15) is 4.39 Å². The molecule has 0 radical (unpaired) electrons. The summed E-state index contributed by atoms with van der Waals surface area (Å²) in [6, 6.07) is 1.31. The van der Waals surface area contributed by atoms with E-state index in [4.69, 9.17) is 10.5 Å². The molecule has 1 atom stereocenters. The fourth-order valence-electron chi connectivity index (χ4n) is 4.84. The van der Waals surface area contributed by atoms with Crippen LogP contribution in [0.1, 0.15) is 18.7 Å². The Labute approximate surface area is 187 Å². The van der Waals surface area contributed by atoms with Crippen molar-refractivity contribution >= 4 is 33.4 Å². The third kappa shape index (κ3) is 2.92. The van der Waals surface area contributed by atoms with Crippen LogP contribution in [-0.4, -0.2) is 51.1 Å². The number of fused-ring (bicyclic) bond motifs is 3. The number of aromatic nitrogens is 5. The zero-order chi connectivity index (χ0) is 22.9. The highest BCUT2D eigenvalue weighted by molar-refractivity contribution is 6.15. The first-order chi connectivity index (χ1) is 15.9. The van der Waals surface area contributed by atoms with E-state index in [1.165, 1.54) is 12.4 Å². The fraction of sp³-hybridized carbons (Fsp3) is 0.364. The van der Waals surface area contributed by atoms with Crippen molar-refractivity contribution in [2.24, 2.45) is 11.1 Å². The van der Waals surface area contributed by atoms with Crippen molar-refractivity contribution in [3.8, 4) is 11.8 Å². The molecule has 33 heavy (non-hydrogen) atoms. The Hall–Kier alpha value is -3.60. The molecule has 1 aliphatic heterocycles. The number of nitrogens with one attached hydrogen (secondary N) is 2. The van der Waals surface area contributed by atoms with Gasteiger partial charge in [-0.2, -0.15) is 9.97 Å². The summed E-state index contributed by atoms with van der Waals surface area (Å²) in [5, 5.41) is 3.42. The number of rotatable bonds is 4. The van der Waals surface area contributed by atoms with Crippen molar-refractivity contribution in [3.05, 3.63) is 35.9 Å². The van der Waals surface area contributed by atoms with Crippen LogP contribution in [0.3, 0.4) is 0 Å². The van der Waals surface area contributed by atoms with Gasteiger partial charge in [-0.05, 0) is 19.8 Å². The number of nitrogens with zero attached hydrogens (tertiary/aromatic N) is 5. The summed E-state index contributed by atoms with van der Waals surface area (Å²) in [5.41, 5.74) is 7.47. The number of H-pyrrole nitrogens is 1. The van der Waals surface area contributed by atoms with E-state index in [1.54, 1.807) is 14.0 Å². The summed E-state index contributed by atoms with van der Waals surface area (Å²) in [7, 11) is 1.65. The Morgan fingerprint density at radius 2 is 1.97 bits per heavy atom. The molecule has 4 N–H and O–H groups in total. The normalized spacial score (nSPS) is 19.1. The van der Waals surface area contributed by atoms with Gasteiger partial charge in [0.15, 0.2) is 17.4 Å². The van der Waals surface area contributed by atoms with E-state index in [2.05, 4.69) is 30.2 Å². The lowest BCUT2D eigenvalue weighted by Crippen LogP contribution is -2.69. The maximum absolute atomic E-state index is 15.1. The predicted molar refractivity (Wildman–Crippen MR) is 120 cm³/mol. The van der Waals surface area contributed by atoms with Gasteiger partial charge < -0.3 is 25.7 Å². The lowest BCUT2D eigenvalue weighted by atomic mass is 9.60. The quantitative estimate of drug-likeness (QED) is 0.432. The van der Waals surface area contributed by atoms with Crippen LogP contribution in [0.2, 0.25) is 0 Å². The molecule has 2 fully saturated rings. The first kappa shape index (κ1) is 20.0. The number of anilines is 2. The van der Waals surface area contributed by atoms with Crippen LogP contribution in [0, 0.1) is 24.0 Å². The molecule has 4 aromatic rings. The fourth-order valence-corrected chi connectivity index (χ4v) is 4.84. The molecule has 0 bridgehead atoms. The Balaban J connectivity index is 1.53. The number of hydrogen-bond donors (Lipinski definition) is 3. The van der Waals surface area contributed by atoms with Gasteiger partial charge in [0.1, 0.15) is 17.3 Å². The molecular formula is C22H22F2N8O. The zero-order valence-corrected chi connectivity index (χ0v) is 18.1. The third-order valence-electron chi connectivity index (χ3n) is 6.87. The maximum Gasteiger partial charge on any atom is 0.326 e. The van der Waals surface area contributed by atoms with Crippen LogP contribution < -0.4 is 20.7 Å². The zero-order valence-electron chi connectivity index (χ0n) is 18.1. The van der Waals surface area contributed by atoms with Gasteiger partial charge in [0, 0.05) is 37.7 Å². The Kier molecular flexibility index (Phi) is 4.22. The minimum atomic E-state index is -0.948. The molecule has 1 aromatic carbocycles. The maximum atomic E-state index is 15.1. The van der Waals surface area contributed by atoms with Crippen LogP contribution >= 0.6 is 0 Å². The van der Waals surface area contributed by atoms with Gasteiger partial charge in [0.2, 0.25) is 0 Å². The molecule has 0 unspecified atom stereocenters. The second kappa shape index (κ2) is 6.95. The van der Waals surface area contributed by atoms with Crippen molar-refractivity contribution in [1.82, 2.24) is 24.9 Å². The standard InChI is InChI=1S/C22H22F2N8O/c1-10-27-6-11(7-28-10)33-21-30-19-16(15-17(24)12(23)5-13(26-2)18(15)29-19)20(31-21)32-8-22(9-32)4-3-14(22)25/h5-7,14,26H,3-4,8-9,25H2,1-2H3,(H,29,30,31)/t14-/m0/s1. The van der Waals surface area contributed by atoms with E-state index < -0.39 is 11.6 Å². The molecule has 3 aromatic heterocycles. The van der Waals surface area contributed by atoms with Gasteiger partial charge in [0.05, 0.1) is 34.4 Å². The van der Waals surface area contributed by atoms with Crippen molar-refractivity contribution in [2.45, 2.75) is 25.8 Å². The summed E-state index contributed by atoms with van der Waals surface area (Å²) < 4.78 is 35.3. The average molecular weight is 452 g/mol. The van der Waals surface area contributed by atoms with Crippen molar-refractivity contribution in [2.75, 3.05) is 30.4 Å². The van der Waals surface area contributed by atoms with E-state index in [0.29, 0.717) is 52.7 Å². The van der Waals surface area contributed by atoms with Crippen LogP contribution in [-0.2, 0) is 0 Å². The first-order valence-electron chi connectivity index (χ1n) is 10.7. The van der Waals surface area contributed by atoms with E-state index in [-0.39, 0.29) is 22.9 Å². The summed E-state index contributed by atoms with van der Waals surface area (Å²) in [6.07, 6.45) is 5.10. The largest absolute Gasteiger partial charge is 0.421 e. The van der Waals surface area contributed by atoms with E-state index in [1.807, 2.05) is 4.90 Å². The average Bonchev–Trinajstić information content (AvgIpc) is 3.15. The van der Waals surface area contributed by atoms with Gasteiger partial charge in [0.25, 0.3) is 0 Å². The lowest BCUT2D eigenvalue weighted by Gasteiger charge is -2.60. The molecule has 1 spiro atoms. The predicted octanol–water partition coefficient (Wildman–Crippen LogP) is 3.25. The van der Waals surface area contributed by atoms with Crippen LogP contribution in [0.25, 0.3) is 21.9 Å². The van der Waals surface area contributed by atoms with Gasteiger partial charge in [-0.3, -0.25) is 0 Å². The number of halogens is 2. The Morgan fingerprint density at radius 3 is 2.61 bits per heavy atom. The second-order valence-electron chi connectivity index (χ2n) is 8.83. The van der Waals surface area contributed by atoms with E-state index >= 15 is 4.39 Å². The molecule has 4 heterocycles. The van der Waals surface area contributed by atoms with Crippen molar-refractivity contribution < 1.29 is 13.5 Å². The van der Waals surface area contributed by atoms with Gasteiger partial charge in [-0.25, -0.2) is 18.7 Å². The molecule has 170 valence electrons. The van der Waals surface area contributed by atoms with Crippen LogP contribution in [0.5, 0.6) is 11.8 Å². The summed E-state index contributed by atoms with van der Waals surface area (Å²) >= 11 is 0. The van der Waals surface area contributed by atoms with Crippen LogP contribution in [0.4, 0.5) is 20.3 Å². The minimum absolute atomic E-state index is 0.0507. The van der Waals surface area contributed by atoms with Crippen molar-refractivity contribution in [3.63, 3.8) is 0 Å². The molecule has 9 nitrogen and oxygen atoms in total. The van der Waals surface area contributed by atoms with Gasteiger partial charge in [-0.15, -0.1) is 0 Å². The lowest BCUT2D eigenvalue weighted by molar-refractivity contribution is 0.0559. The Morgan fingerprint density at radius 1 is 1.21 bits per heavy atom. The molecule has 11 heteroatoms. The highest BCUT2D eigenvalue weighted by Gasteiger charge is 2.54. The second-order valence-corrected chi connectivity index (χ2v) is 8.83. The number of aryl methyl sites for hydroxylation is 1. The highest BCUT2D eigenvalue weighted by Crippen LogP contribution is 2.50. The summed E-state index contributed by atoms with van der Waals surface area (Å²) in [5.74, 6) is -0.440. The van der Waals surface area contributed by atoms with Crippen molar-refractivity contribution in [1.29, 1.82) is 0 Å². The van der Waals surface area contributed by atoms with E-state index in [0.717, 1.165) is 18.9 Å². The summed E-state index contributed by atoms with van der Waals surface area (Å²) in [4.78, 5) is 22.4. The number of aromatic amines is 1. The molecule has 1 aliphatic carbocycles. The van der Waals surface area contributed by atoms with Crippen LogP contribution in [0.15, 0.2) is 18.5 Å². The highest BCUT2D eigenvalue weighted by atomic mass is 19.2. The first-order valence-corrected chi connectivity index (χ1v) is 10.7. The molecule has 1 saturated heterocycles. The SMILES string of the molecule is CNc1cc(F)c(F)c2c1[nH]c1nc(Oc3cnc(C)nc3)nc(N3CC4(CC[C@@H]4N)C3)c12. The molecule has 1 saturated carbocycles. The topological polar surface area (TPSA) is 118 Å². The minimum Gasteiger partial charge on any atom is -0.421 e. The third-order valence-corrected chi connectivity index (χ3v) is 6.87. The molecular weight excluding hydrogens is 430 g/mol. The molecule has 0 amide bonds. The number of nitrogens with two attached hydrogens (primary N) is 1. The molecule has 2 aliphatic rings.